The zero-order valence-corrected chi connectivity index (χ0v) is 16.6. The number of hydrogen-bond acceptors (Lipinski definition) is 7. The molecule has 0 N–H and O–H groups in total. The lowest BCUT2D eigenvalue weighted by Gasteiger charge is -2.35. The average Bonchev–Trinajstić information content (AvgIpc) is 2.99. The molecule has 0 saturated carbocycles. The number of nitrogens with zero attached hydrogens (tertiary/aromatic N) is 5. The monoisotopic (exact) mass is 361 g/mol. The zero-order valence-electron chi connectivity index (χ0n) is 15.7. The Morgan fingerprint density at radius 3 is 2.40 bits per heavy atom. The topological polar surface area (TPSA) is 58.3 Å². The Labute approximate surface area is 154 Å². The van der Waals surface area contributed by atoms with Crippen LogP contribution in [0.25, 0.3) is 0 Å². The maximum atomic E-state index is 5.16. The number of anilines is 1. The van der Waals surface area contributed by atoms with E-state index in [1.165, 1.54) is 0 Å². The third-order valence-corrected chi connectivity index (χ3v) is 4.95. The zero-order chi connectivity index (χ0) is 18.0. The van der Waals surface area contributed by atoms with Crippen LogP contribution >= 0.6 is 11.8 Å². The number of hydrogen-bond donors (Lipinski definition) is 0. The van der Waals surface area contributed by atoms with E-state index < -0.39 is 0 Å². The highest BCUT2D eigenvalue weighted by molar-refractivity contribution is 7.98. The van der Waals surface area contributed by atoms with Crippen LogP contribution in [-0.2, 0) is 12.0 Å². The smallest absolute Gasteiger partial charge is 0.189 e. The van der Waals surface area contributed by atoms with Crippen molar-refractivity contribution in [2.75, 3.05) is 37.3 Å². The summed E-state index contributed by atoms with van der Waals surface area (Å²) in [5.41, 5.74) is 2.13. The van der Waals surface area contributed by atoms with Gasteiger partial charge in [-0.15, -0.1) is 0 Å². The Morgan fingerprint density at radius 2 is 1.84 bits per heavy atom. The molecule has 1 aliphatic heterocycles. The van der Waals surface area contributed by atoms with E-state index in [2.05, 4.69) is 46.8 Å². The van der Waals surface area contributed by atoms with E-state index in [0.29, 0.717) is 0 Å². The van der Waals surface area contributed by atoms with Gasteiger partial charge in [0, 0.05) is 50.3 Å². The van der Waals surface area contributed by atoms with Crippen molar-refractivity contribution in [1.82, 2.24) is 20.0 Å². The van der Waals surface area contributed by atoms with Crippen LogP contribution in [-0.4, -0.2) is 52.5 Å². The molecular weight excluding hydrogens is 334 g/mol. The maximum absolute atomic E-state index is 5.16. The molecule has 136 valence electrons. The Kier molecular flexibility index (Phi) is 5.34. The fourth-order valence-electron chi connectivity index (χ4n) is 2.91. The normalized spacial score (nSPS) is 16.4. The summed E-state index contributed by atoms with van der Waals surface area (Å²) < 4.78 is 5.16. The van der Waals surface area contributed by atoms with E-state index in [0.717, 1.165) is 60.8 Å². The molecule has 0 bridgehead atoms. The molecule has 1 aliphatic rings. The second-order valence-electron chi connectivity index (χ2n) is 7.54. The van der Waals surface area contributed by atoms with Gasteiger partial charge in [-0.1, -0.05) is 37.7 Å². The fourth-order valence-corrected chi connectivity index (χ4v) is 3.28. The summed E-state index contributed by atoms with van der Waals surface area (Å²) in [4.78, 5) is 14.2. The molecule has 0 atom stereocenters. The quantitative estimate of drug-likeness (QED) is 0.612. The summed E-state index contributed by atoms with van der Waals surface area (Å²) in [5.74, 6) is 1.91. The van der Waals surface area contributed by atoms with Crippen LogP contribution in [0.3, 0.4) is 0 Å². The molecule has 1 saturated heterocycles. The van der Waals surface area contributed by atoms with Crippen molar-refractivity contribution in [3.63, 3.8) is 0 Å². The largest absolute Gasteiger partial charge is 0.361 e. The molecule has 0 unspecified atom stereocenters. The van der Waals surface area contributed by atoms with Gasteiger partial charge in [0.2, 0.25) is 0 Å². The SMILES string of the molecule is CSc1nc(N2CCN(Cc3cc(C)on3)CC2)cc(C(C)(C)C)n1. The molecule has 0 amide bonds. The Bertz CT molecular complexity index is 716. The van der Waals surface area contributed by atoms with Crippen molar-refractivity contribution in [2.24, 2.45) is 0 Å². The lowest BCUT2D eigenvalue weighted by atomic mass is 9.92. The predicted octanol–water partition coefficient (Wildman–Crippen LogP) is 3.11. The van der Waals surface area contributed by atoms with E-state index in [1.54, 1.807) is 11.8 Å². The van der Waals surface area contributed by atoms with E-state index in [1.807, 2.05) is 19.2 Å². The molecule has 7 heteroatoms. The summed E-state index contributed by atoms with van der Waals surface area (Å²) in [6.45, 7) is 13.3. The van der Waals surface area contributed by atoms with Gasteiger partial charge in [-0.25, -0.2) is 9.97 Å². The van der Waals surface area contributed by atoms with Gasteiger partial charge in [-0.05, 0) is 13.2 Å². The third kappa shape index (κ3) is 4.52. The molecule has 2 aromatic rings. The summed E-state index contributed by atoms with van der Waals surface area (Å²) >= 11 is 1.60. The Morgan fingerprint density at radius 1 is 1.12 bits per heavy atom. The second kappa shape index (κ2) is 7.33. The first-order valence-corrected chi connectivity index (χ1v) is 9.90. The highest BCUT2D eigenvalue weighted by Gasteiger charge is 2.23. The van der Waals surface area contributed by atoms with Gasteiger partial charge in [0.15, 0.2) is 5.16 Å². The maximum Gasteiger partial charge on any atom is 0.189 e. The van der Waals surface area contributed by atoms with Crippen LogP contribution in [0.5, 0.6) is 0 Å². The molecule has 0 aromatic carbocycles. The van der Waals surface area contributed by atoms with Crippen LogP contribution in [0, 0.1) is 6.92 Å². The van der Waals surface area contributed by atoms with Gasteiger partial charge in [0.25, 0.3) is 0 Å². The molecule has 25 heavy (non-hydrogen) atoms. The number of piperazine rings is 1. The van der Waals surface area contributed by atoms with E-state index in [9.17, 15) is 0 Å². The summed E-state index contributed by atoms with van der Waals surface area (Å²) in [5, 5.41) is 4.94. The highest BCUT2D eigenvalue weighted by atomic mass is 32.2. The van der Waals surface area contributed by atoms with Crippen LogP contribution in [0.15, 0.2) is 21.8 Å². The number of aromatic nitrogens is 3. The summed E-state index contributed by atoms with van der Waals surface area (Å²) in [6.07, 6.45) is 2.03. The lowest BCUT2D eigenvalue weighted by molar-refractivity contribution is 0.241. The minimum Gasteiger partial charge on any atom is -0.361 e. The molecule has 3 heterocycles. The highest BCUT2D eigenvalue weighted by Crippen LogP contribution is 2.26. The molecule has 0 radical (unpaired) electrons. The Balaban J connectivity index is 1.68. The van der Waals surface area contributed by atoms with Gasteiger partial charge >= 0.3 is 0 Å². The fraction of sp³-hybridized carbons (Fsp3) is 0.611. The van der Waals surface area contributed by atoms with E-state index in [-0.39, 0.29) is 5.41 Å². The van der Waals surface area contributed by atoms with Crippen molar-refractivity contribution in [3.05, 3.63) is 29.3 Å². The van der Waals surface area contributed by atoms with Crippen LogP contribution in [0.2, 0.25) is 0 Å². The first-order valence-electron chi connectivity index (χ1n) is 8.68. The molecule has 1 fully saturated rings. The Hall–Kier alpha value is -1.60. The number of rotatable bonds is 4. The van der Waals surface area contributed by atoms with Gasteiger partial charge < -0.3 is 9.42 Å². The molecule has 0 spiro atoms. The molecule has 6 nitrogen and oxygen atoms in total. The average molecular weight is 362 g/mol. The third-order valence-electron chi connectivity index (χ3n) is 4.40. The minimum atomic E-state index is 0.0226. The minimum absolute atomic E-state index is 0.0226. The second-order valence-corrected chi connectivity index (χ2v) is 8.31. The molecule has 2 aromatic heterocycles. The van der Waals surface area contributed by atoms with Gasteiger partial charge in [-0.3, -0.25) is 4.90 Å². The van der Waals surface area contributed by atoms with Crippen LogP contribution in [0.1, 0.15) is 37.9 Å². The van der Waals surface area contributed by atoms with Crippen molar-refractivity contribution in [1.29, 1.82) is 0 Å². The molecular formula is C18H27N5OS. The van der Waals surface area contributed by atoms with Crippen molar-refractivity contribution in [3.8, 4) is 0 Å². The van der Waals surface area contributed by atoms with Gasteiger partial charge in [0.1, 0.15) is 11.6 Å². The van der Waals surface area contributed by atoms with Crippen molar-refractivity contribution < 1.29 is 4.52 Å². The predicted molar refractivity (Wildman–Crippen MR) is 101 cm³/mol. The van der Waals surface area contributed by atoms with Crippen LogP contribution < -0.4 is 4.90 Å². The van der Waals surface area contributed by atoms with Crippen molar-refractivity contribution in [2.45, 2.75) is 44.8 Å². The van der Waals surface area contributed by atoms with E-state index in [4.69, 9.17) is 9.51 Å². The first-order chi connectivity index (χ1) is 11.8. The van der Waals surface area contributed by atoms with E-state index >= 15 is 0 Å². The standard InChI is InChI=1S/C18H27N5OS/c1-13-10-14(21-24-13)12-22-6-8-23(9-7-22)16-11-15(18(2,3)4)19-17(20-16)25-5/h10-11H,6-9,12H2,1-5H3. The summed E-state index contributed by atoms with van der Waals surface area (Å²) in [6, 6.07) is 4.16. The number of aryl methyl sites for hydroxylation is 1. The van der Waals surface area contributed by atoms with Crippen molar-refractivity contribution >= 4 is 17.6 Å². The van der Waals surface area contributed by atoms with Gasteiger partial charge in [0.05, 0.1) is 11.4 Å². The molecule has 3 rings (SSSR count). The number of thioether (sulfide) groups is 1. The first kappa shape index (κ1) is 18.2. The molecule has 0 aliphatic carbocycles. The lowest BCUT2D eigenvalue weighted by Crippen LogP contribution is -2.46. The van der Waals surface area contributed by atoms with Gasteiger partial charge in [-0.2, -0.15) is 0 Å². The summed E-state index contributed by atoms with van der Waals surface area (Å²) in [7, 11) is 0. The van der Waals surface area contributed by atoms with Crippen LogP contribution in [0.4, 0.5) is 5.82 Å².